The van der Waals surface area contributed by atoms with E-state index in [4.69, 9.17) is 10.5 Å². The van der Waals surface area contributed by atoms with E-state index in [1.807, 2.05) is 0 Å². The average molecular weight is 307 g/mol. The Morgan fingerprint density at radius 1 is 1.55 bits per heavy atom. The van der Waals surface area contributed by atoms with E-state index in [0.29, 0.717) is 23.7 Å². The van der Waals surface area contributed by atoms with Crippen LogP contribution in [0.5, 0.6) is 5.75 Å². The number of amides is 1. The zero-order chi connectivity index (χ0) is 15.9. The van der Waals surface area contributed by atoms with E-state index in [2.05, 4.69) is 10.2 Å². The molecule has 1 aliphatic rings. The predicted molar refractivity (Wildman–Crippen MR) is 85.9 cm³/mol. The van der Waals surface area contributed by atoms with Crippen molar-refractivity contribution in [2.45, 2.75) is 12.8 Å². The molecule has 1 amide bonds. The number of nitrogens with one attached hydrogen (secondary N) is 1. The summed E-state index contributed by atoms with van der Waals surface area (Å²) in [7, 11) is 1.71. The molecule has 1 fully saturated rings. The van der Waals surface area contributed by atoms with Crippen molar-refractivity contribution < 1.29 is 14.6 Å². The average Bonchev–Trinajstić information content (AvgIpc) is 2.53. The van der Waals surface area contributed by atoms with Crippen LogP contribution in [0.2, 0.25) is 0 Å². The smallest absolute Gasteiger partial charge is 0.253 e. The number of carbonyl (C=O) groups excluding carboxylic acids is 1. The maximum atomic E-state index is 12.2. The third-order valence-electron chi connectivity index (χ3n) is 4.05. The Bertz CT molecular complexity index is 507. The third-order valence-corrected chi connectivity index (χ3v) is 4.05. The van der Waals surface area contributed by atoms with Gasteiger partial charge in [-0.15, -0.1) is 0 Å². The minimum absolute atomic E-state index is 0.0442. The van der Waals surface area contributed by atoms with Crippen LogP contribution in [0, 0.1) is 5.92 Å². The van der Waals surface area contributed by atoms with E-state index < -0.39 is 0 Å². The molecule has 1 atom stereocenters. The highest BCUT2D eigenvalue weighted by Gasteiger charge is 2.20. The first-order chi connectivity index (χ1) is 10.6. The molecule has 1 saturated heterocycles. The van der Waals surface area contributed by atoms with E-state index in [9.17, 15) is 9.90 Å². The molecular weight excluding hydrogens is 282 g/mol. The second-order valence-corrected chi connectivity index (χ2v) is 5.78. The highest BCUT2D eigenvalue weighted by Crippen LogP contribution is 2.19. The van der Waals surface area contributed by atoms with Gasteiger partial charge in [-0.3, -0.25) is 4.79 Å². The first kappa shape index (κ1) is 16.6. The Balaban J connectivity index is 1.84. The third kappa shape index (κ3) is 4.61. The Morgan fingerprint density at radius 2 is 2.36 bits per heavy atom. The fourth-order valence-corrected chi connectivity index (χ4v) is 2.81. The van der Waals surface area contributed by atoms with Gasteiger partial charge >= 0.3 is 0 Å². The Labute approximate surface area is 131 Å². The van der Waals surface area contributed by atoms with Crippen molar-refractivity contribution in [3.05, 3.63) is 23.8 Å². The predicted octanol–water partition coefficient (Wildman–Crippen LogP) is 1.06. The minimum atomic E-state index is -0.234. The number of carbonyl (C=O) groups is 1. The Morgan fingerprint density at radius 3 is 3.14 bits per heavy atom. The lowest BCUT2D eigenvalue weighted by Crippen LogP contribution is -2.42. The molecule has 6 nitrogen and oxygen atoms in total. The summed E-state index contributed by atoms with van der Waals surface area (Å²) in [5, 5.41) is 12.4. The maximum Gasteiger partial charge on any atom is 0.253 e. The van der Waals surface area contributed by atoms with E-state index >= 15 is 0 Å². The number of phenols is 1. The number of nitrogen functional groups attached to an aromatic ring is 1. The molecule has 1 aromatic carbocycles. The zero-order valence-electron chi connectivity index (χ0n) is 13.0. The first-order valence-electron chi connectivity index (χ1n) is 7.68. The summed E-state index contributed by atoms with van der Waals surface area (Å²) in [5.41, 5.74) is 6.48. The van der Waals surface area contributed by atoms with Crippen LogP contribution >= 0.6 is 0 Å². The second kappa shape index (κ2) is 8.00. The number of likely N-dealkylation sites (tertiary alicyclic amines) is 1. The van der Waals surface area contributed by atoms with Crippen LogP contribution in [-0.4, -0.2) is 55.8 Å². The molecule has 0 aromatic heterocycles. The van der Waals surface area contributed by atoms with E-state index in [1.54, 1.807) is 7.11 Å². The van der Waals surface area contributed by atoms with E-state index in [1.165, 1.54) is 18.2 Å². The molecule has 1 unspecified atom stereocenters. The van der Waals surface area contributed by atoms with Crippen LogP contribution in [0.3, 0.4) is 0 Å². The van der Waals surface area contributed by atoms with Crippen molar-refractivity contribution in [2.75, 3.05) is 45.6 Å². The largest absolute Gasteiger partial charge is 0.508 e. The fraction of sp³-hybridized carbons (Fsp3) is 0.562. The van der Waals surface area contributed by atoms with Crippen molar-refractivity contribution >= 4 is 11.6 Å². The summed E-state index contributed by atoms with van der Waals surface area (Å²) in [6.45, 7) is 4.35. The SMILES string of the molecule is COCCN1CCCC(CNC(=O)c2cc(O)ccc2N)C1. The first-order valence-corrected chi connectivity index (χ1v) is 7.68. The normalized spacial score (nSPS) is 19.0. The molecule has 0 radical (unpaired) electrons. The zero-order valence-corrected chi connectivity index (χ0v) is 13.0. The quantitative estimate of drug-likeness (QED) is 0.540. The van der Waals surface area contributed by atoms with Crippen molar-refractivity contribution in [1.82, 2.24) is 10.2 Å². The van der Waals surface area contributed by atoms with Crippen LogP contribution in [0.25, 0.3) is 0 Å². The highest BCUT2D eigenvalue weighted by atomic mass is 16.5. The number of benzene rings is 1. The van der Waals surface area contributed by atoms with Crippen LogP contribution in [-0.2, 0) is 4.74 Å². The number of methoxy groups -OCH3 is 1. The topological polar surface area (TPSA) is 87.8 Å². The Hall–Kier alpha value is -1.79. The summed E-state index contributed by atoms with van der Waals surface area (Å²) < 4.78 is 5.11. The summed E-state index contributed by atoms with van der Waals surface area (Å²) in [4.78, 5) is 14.5. The molecule has 1 aliphatic heterocycles. The number of anilines is 1. The van der Waals surface area contributed by atoms with Crippen molar-refractivity contribution in [2.24, 2.45) is 5.92 Å². The number of rotatable bonds is 6. The van der Waals surface area contributed by atoms with Gasteiger partial charge < -0.3 is 25.8 Å². The van der Waals surface area contributed by atoms with Gasteiger partial charge in [-0.25, -0.2) is 0 Å². The molecule has 0 saturated carbocycles. The standard InChI is InChI=1S/C16H25N3O3/c1-22-8-7-19-6-2-3-12(11-19)10-18-16(21)14-9-13(20)4-5-15(14)17/h4-5,9,12,20H,2-3,6-8,10-11,17H2,1H3,(H,18,21). The van der Waals surface area contributed by atoms with Crippen LogP contribution in [0.15, 0.2) is 18.2 Å². The number of phenolic OH excluding ortho intramolecular Hbond substituents is 1. The molecule has 2 rings (SSSR count). The summed E-state index contributed by atoms with van der Waals surface area (Å²) in [6, 6.07) is 4.41. The lowest BCUT2D eigenvalue weighted by molar-refractivity contribution is 0.0913. The molecule has 122 valence electrons. The summed E-state index contributed by atoms with van der Waals surface area (Å²) >= 11 is 0. The van der Waals surface area contributed by atoms with Crippen molar-refractivity contribution in [3.8, 4) is 5.75 Å². The van der Waals surface area contributed by atoms with Gasteiger partial charge in [-0.1, -0.05) is 0 Å². The van der Waals surface area contributed by atoms with Gasteiger partial charge in [0.1, 0.15) is 5.75 Å². The van der Waals surface area contributed by atoms with Crippen LogP contribution < -0.4 is 11.1 Å². The molecule has 6 heteroatoms. The monoisotopic (exact) mass is 307 g/mol. The second-order valence-electron chi connectivity index (χ2n) is 5.78. The van der Waals surface area contributed by atoms with Crippen LogP contribution in [0.1, 0.15) is 23.2 Å². The van der Waals surface area contributed by atoms with E-state index in [-0.39, 0.29) is 11.7 Å². The number of hydrogen-bond donors (Lipinski definition) is 3. The lowest BCUT2D eigenvalue weighted by Gasteiger charge is -2.32. The number of aromatic hydroxyl groups is 1. The van der Waals surface area contributed by atoms with Gasteiger partial charge in [0.25, 0.3) is 5.91 Å². The fourth-order valence-electron chi connectivity index (χ4n) is 2.81. The summed E-state index contributed by atoms with van der Waals surface area (Å²) in [6.07, 6.45) is 2.25. The van der Waals surface area contributed by atoms with Crippen LogP contribution in [0.4, 0.5) is 5.69 Å². The molecule has 0 spiro atoms. The molecule has 0 aliphatic carbocycles. The number of hydrogen-bond acceptors (Lipinski definition) is 5. The molecule has 4 N–H and O–H groups in total. The van der Waals surface area contributed by atoms with Crippen molar-refractivity contribution in [3.63, 3.8) is 0 Å². The molecular formula is C16H25N3O3. The summed E-state index contributed by atoms with van der Waals surface area (Å²) in [5.74, 6) is 0.248. The van der Waals surface area contributed by atoms with Gasteiger partial charge in [0.15, 0.2) is 0 Å². The van der Waals surface area contributed by atoms with Gasteiger partial charge in [-0.2, -0.15) is 0 Å². The minimum Gasteiger partial charge on any atom is -0.508 e. The number of ether oxygens (including phenoxy) is 1. The lowest BCUT2D eigenvalue weighted by atomic mass is 9.98. The number of piperidine rings is 1. The van der Waals surface area contributed by atoms with Crippen molar-refractivity contribution in [1.29, 1.82) is 0 Å². The molecule has 22 heavy (non-hydrogen) atoms. The highest BCUT2D eigenvalue weighted by molar-refractivity contribution is 5.99. The molecule has 1 heterocycles. The Kier molecular flexibility index (Phi) is 6.03. The van der Waals surface area contributed by atoms with Gasteiger partial charge in [0.05, 0.1) is 12.2 Å². The van der Waals surface area contributed by atoms with Gasteiger partial charge in [0.2, 0.25) is 0 Å². The maximum absolute atomic E-state index is 12.2. The molecule has 1 aromatic rings. The number of nitrogens with zero attached hydrogens (tertiary/aromatic N) is 1. The van der Waals surface area contributed by atoms with E-state index in [0.717, 1.165) is 39.1 Å². The number of nitrogens with two attached hydrogens (primary N) is 1. The molecule has 0 bridgehead atoms. The van der Waals surface area contributed by atoms with Gasteiger partial charge in [0, 0.05) is 32.4 Å². The van der Waals surface area contributed by atoms with Gasteiger partial charge in [-0.05, 0) is 43.5 Å².